The summed E-state index contributed by atoms with van der Waals surface area (Å²) in [6.07, 6.45) is 0.742. The molecule has 0 spiro atoms. The van der Waals surface area contributed by atoms with E-state index in [2.05, 4.69) is 0 Å². The van der Waals surface area contributed by atoms with Crippen molar-refractivity contribution in [2.75, 3.05) is 12.9 Å². The number of fused-ring (bicyclic) bond motifs is 1. The molecule has 0 aromatic heterocycles. The zero-order valence-electron chi connectivity index (χ0n) is 16.4. The van der Waals surface area contributed by atoms with E-state index in [1.54, 1.807) is 43.3 Å². The van der Waals surface area contributed by atoms with Gasteiger partial charge in [-0.05, 0) is 31.4 Å². The average molecular weight is 438 g/mol. The minimum atomic E-state index is -3.78. The van der Waals surface area contributed by atoms with Crippen LogP contribution >= 0.6 is 0 Å². The molecule has 2 amide bonds. The summed E-state index contributed by atoms with van der Waals surface area (Å²) >= 11 is 0. The summed E-state index contributed by atoms with van der Waals surface area (Å²) in [5.74, 6) is -1.24. The molecule has 1 fully saturated rings. The number of ether oxygens (including phenoxy) is 1. The van der Waals surface area contributed by atoms with Crippen LogP contribution in [-0.4, -0.2) is 66.6 Å². The summed E-state index contributed by atoms with van der Waals surface area (Å²) < 4.78 is 32.4. The highest BCUT2D eigenvalue weighted by Gasteiger charge is 2.61. The predicted octanol–water partition coefficient (Wildman–Crippen LogP) is 1.15. The lowest BCUT2D eigenvalue weighted by Crippen LogP contribution is -2.54. The number of benzene rings is 1. The quantitative estimate of drug-likeness (QED) is 0.290. The van der Waals surface area contributed by atoms with E-state index in [-0.39, 0.29) is 19.4 Å². The largest absolute Gasteiger partial charge is 0.508 e. The van der Waals surface area contributed by atoms with Crippen molar-refractivity contribution in [3.8, 4) is 0 Å². The third-order valence-electron chi connectivity index (χ3n) is 5.04. The molecule has 1 N–H and O–H groups in total. The van der Waals surface area contributed by atoms with Crippen LogP contribution in [0.15, 0.2) is 42.5 Å². The zero-order chi connectivity index (χ0) is 22.1. The number of rotatable bonds is 7. The Morgan fingerprint density at radius 2 is 1.77 bits per heavy atom. The van der Waals surface area contributed by atoms with Gasteiger partial charge in [0.05, 0.1) is 18.9 Å². The van der Waals surface area contributed by atoms with Crippen molar-refractivity contribution >= 4 is 28.1 Å². The second-order valence-corrected chi connectivity index (χ2v) is 8.86. The second kappa shape index (κ2) is 8.07. The lowest BCUT2D eigenvalue weighted by Gasteiger charge is -2.37. The molecule has 0 saturated carbocycles. The lowest BCUT2D eigenvalue weighted by molar-refractivity contribution is -0.170. The molecule has 0 aliphatic carbocycles. The molecule has 10 nitrogen and oxygen atoms in total. The Labute approximate surface area is 173 Å². The molecule has 3 rings (SSSR count). The summed E-state index contributed by atoms with van der Waals surface area (Å²) in [6.45, 7) is 1.30. The van der Waals surface area contributed by atoms with E-state index in [0.29, 0.717) is 5.56 Å². The standard InChI is InChI=1S/C19H22N2O8S/c1-13-8-9-15(29-18(24)25)21-17(23)19(16(22)20(13)21,10-11-28-30(2,26)27)12-14-6-4-3-5-7-14/h3-9,13,15H,10-12H2,1-2H3,(H,24,25). The molecule has 0 bridgehead atoms. The highest BCUT2D eigenvalue weighted by Crippen LogP contribution is 2.42. The number of carboxylic acid groups (broad SMARTS) is 1. The van der Waals surface area contributed by atoms with E-state index >= 15 is 0 Å². The number of carbonyl (C=O) groups excluding carboxylic acids is 2. The van der Waals surface area contributed by atoms with Gasteiger partial charge in [0.25, 0.3) is 21.9 Å². The number of hydrazine groups is 1. The molecular weight excluding hydrogens is 416 g/mol. The Kier molecular flexibility index (Phi) is 5.86. The predicted molar refractivity (Wildman–Crippen MR) is 103 cm³/mol. The number of carbonyl (C=O) groups is 3. The van der Waals surface area contributed by atoms with Crippen molar-refractivity contribution in [2.45, 2.75) is 32.0 Å². The van der Waals surface area contributed by atoms with Gasteiger partial charge in [-0.3, -0.25) is 13.8 Å². The van der Waals surface area contributed by atoms with Crippen LogP contribution in [0.2, 0.25) is 0 Å². The monoisotopic (exact) mass is 438 g/mol. The fraction of sp³-hybridized carbons (Fsp3) is 0.421. The van der Waals surface area contributed by atoms with E-state index in [1.807, 2.05) is 0 Å². The minimum Gasteiger partial charge on any atom is -0.450 e. The second-order valence-electron chi connectivity index (χ2n) is 7.22. The fourth-order valence-corrected chi connectivity index (χ4v) is 4.11. The van der Waals surface area contributed by atoms with Gasteiger partial charge in [-0.25, -0.2) is 14.8 Å². The van der Waals surface area contributed by atoms with Gasteiger partial charge in [0.15, 0.2) is 0 Å². The third-order valence-corrected chi connectivity index (χ3v) is 5.64. The van der Waals surface area contributed by atoms with E-state index in [1.165, 1.54) is 11.1 Å². The first-order valence-corrected chi connectivity index (χ1v) is 11.0. The van der Waals surface area contributed by atoms with E-state index in [4.69, 9.17) is 14.0 Å². The fourth-order valence-electron chi connectivity index (χ4n) is 3.72. The van der Waals surface area contributed by atoms with Crippen LogP contribution in [-0.2, 0) is 35.0 Å². The summed E-state index contributed by atoms with van der Waals surface area (Å²) in [6, 6.07) is 8.28. The molecule has 3 unspecified atom stereocenters. The molecule has 1 saturated heterocycles. The molecule has 2 heterocycles. The Bertz CT molecular complexity index is 978. The third kappa shape index (κ3) is 4.17. The van der Waals surface area contributed by atoms with Crippen LogP contribution in [0.1, 0.15) is 18.9 Å². The van der Waals surface area contributed by atoms with E-state index in [0.717, 1.165) is 11.3 Å². The average Bonchev–Trinajstić information content (AvgIpc) is 2.87. The van der Waals surface area contributed by atoms with Crippen molar-refractivity contribution in [3.05, 3.63) is 48.0 Å². The molecule has 2 aliphatic heterocycles. The first kappa shape index (κ1) is 21.8. The van der Waals surface area contributed by atoms with Gasteiger partial charge in [-0.1, -0.05) is 36.4 Å². The Balaban J connectivity index is 2.01. The van der Waals surface area contributed by atoms with Gasteiger partial charge >= 0.3 is 6.16 Å². The van der Waals surface area contributed by atoms with Crippen LogP contribution in [0, 0.1) is 5.41 Å². The molecule has 3 atom stereocenters. The molecule has 162 valence electrons. The molecular formula is C19H22N2O8S. The van der Waals surface area contributed by atoms with Gasteiger partial charge in [-0.2, -0.15) is 8.42 Å². The summed E-state index contributed by atoms with van der Waals surface area (Å²) in [4.78, 5) is 38.1. The highest BCUT2D eigenvalue weighted by atomic mass is 32.2. The van der Waals surface area contributed by atoms with Crippen molar-refractivity contribution in [1.82, 2.24) is 10.0 Å². The Hall–Kier alpha value is -2.92. The molecule has 1 aromatic rings. The number of nitrogens with zero attached hydrogens (tertiary/aromatic N) is 2. The smallest absolute Gasteiger partial charge is 0.450 e. The number of hydrogen-bond donors (Lipinski definition) is 1. The molecule has 0 radical (unpaired) electrons. The lowest BCUT2D eigenvalue weighted by atomic mass is 9.78. The van der Waals surface area contributed by atoms with Crippen molar-refractivity contribution in [1.29, 1.82) is 0 Å². The van der Waals surface area contributed by atoms with Gasteiger partial charge in [0, 0.05) is 0 Å². The normalized spacial score (nSPS) is 26.1. The van der Waals surface area contributed by atoms with Crippen LogP contribution in [0.4, 0.5) is 4.79 Å². The van der Waals surface area contributed by atoms with Crippen LogP contribution in [0.3, 0.4) is 0 Å². The molecule has 30 heavy (non-hydrogen) atoms. The zero-order valence-corrected chi connectivity index (χ0v) is 17.2. The maximum Gasteiger partial charge on any atom is 0.508 e. The first-order chi connectivity index (χ1) is 14.0. The van der Waals surface area contributed by atoms with Crippen LogP contribution in [0.5, 0.6) is 0 Å². The Morgan fingerprint density at radius 3 is 2.37 bits per heavy atom. The SMILES string of the molecule is CC1C=CC(OC(=O)O)N2C(=O)C(CCOS(C)(=O)=O)(Cc3ccccc3)C(=O)N12. The molecule has 1 aromatic carbocycles. The molecule has 11 heteroatoms. The van der Waals surface area contributed by atoms with Crippen LogP contribution < -0.4 is 0 Å². The van der Waals surface area contributed by atoms with Gasteiger partial charge < -0.3 is 9.84 Å². The van der Waals surface area contributed by atoms with E-state index in [9.17, 15) is 22.8 Å². The Morgan fingerprint density at radius 1 is 1.13 bits per heavy atom. The van der Waals surface area contributed by atoms with Crippen molar-refractivity contribution in [3.63, 3.8) is 0 Å². The summed E-state index contributed by atoms with van der Waals surface area (Å²) in [5.41, 5.74) is -0.970. The van der Waals surface area contributed by atoms with E-state index < -0.39 is 45.8 Å². The summed E-state index contributed by atoms with van der Waals surface area (Å²) in [5, 5.41) is 11.2. The first-order valence-electron chi connectivity index (χ1n) is 9.19. The van der Waals surface area contributed by atoms with Gasteiger partial charge in [0.2, 0.25) is 6.23 Å². The summed E-state index contributed by atoms with van der Waals surface area (Å²) in [7, 11) is -3.78. The van der Waals surface area contributed by atoms with Gasteiger partial charge in [0.1, 0.15) is 5.41 Å². The maximum absolute atomic E-state index is 13.5. The molecule has 2 aliphatic rings. The van der Waals surface area contributed by atoms with Crippen molar-refractivity contribution in [2.24, 2.45) is 5.41 Å². The maximum atomic E-state index is 13.5. The highest BCUT2D eigenvalue weighted by molar-refractivity contribution is 7.85. The number of amides is 2. The topological polar surface area (TPSA) is 131 Å². The van der Waals surface area contributed by atoms with Crippen molar-refractivity contribution < 1.29 is 36.8 Å². The minimum absolute atomic E-state index is 0.00185. The van der Waals surface area contributed by atoms with Crippen LogP contribution in [0.25, 0.3) is 0 Å². The van der Waals surface area contributed by atoms with Gasteiger partial charge in [-0.15, -0.1) is 0 Å². The number of hydrogen-bond acceptors (Lipinski definition) is 7.